The van der Waals surface area contributed by atoms with Gasteiger partial charge in [-0.1, -0.05) is 19.4 Å². The first-order valence-corrected chi connectivity index (χ1v) is 8.32. The molecule has 0 spiro atoms. The maximum absolute atomic E-state index is 12.4. The summed E-state index contributed by atoms with van der Waals surface area (Å²) in [7, 11) is 3.92. The first-order valence-electron chi connectivity index (χ1n) is 8.32. The zero-order valence-corrected chi connectivity index (χ0v) is 14.6. The Hall–Kier alpha value is -2.27. The fourth-order valence-electron chi connectivity index (χ4n) is 2.37. The van der Waals surface area contributed by atoms with Gasteiger partial charge in [-0.3, -0.25) is 9.69 Å². The van der Waals surface area contributed by atoms with Gasteiger partial charge in [-0.25, -0.2) is 0 Å². The number of rotatable bonds is 9. The van der Waals surface area contributed by atoms with Gasteiger partial charge in [0, 0.05) is 12.1 Å². The fraction of sp³-hybridized carbons (Fsp3) is 0.421. The molecule has 24 heavy (non-hydrogen) atoms. The van der Waals surface area contributed by atoms with Crippen molar-refractivity contribution in [2.75, 3.05) is 27.2 Å². The van der Waals surface area contributed by atoms with Crippen LogP contribution in [0.25, 0.3) is 0 Å². The Morgan fingerprint density at radius 3 is 2.79 bits per heavy atom. The van der Waals surface area contributed by atoms with Crippen molar-refractivity contribution in [3.8, 4) is 5.75 Å². The molecular weight excluding hydrogens is 304 g/mol. The quantitative estimate of drug-likeness (QED) is 0.715. The Bertz CT molecular complexity index is 623. The van der Waals surface area contributed by atoms with E-state index in [1.165, 1.54) is 0 Å². The van der Waals surface area contributed by atoms with E-state index in [1.807, 2.05) is 43.3 Å². The van der Waals surface area contributed by atoms with Crippen LogP contribution in [0.5, 0.6) is 5.75 Å². The lowest BCUT2D eigenvalue weighted by atomic mass is 10.1. The van der Waals surface area contributed by atoms with E-state index in [0.717, 1.165) is 24.4 Å². The second kappa shape index (κ2) is 9.13. The summed E-state index contributed by atoms with van der Waals surface area (Å²) in [4.78, 5) is 14.4. The highest BCUT2D eigenvalue weighted by Gasteiger charge is 2.18. The van der Waals surface area contributed by atoms with Gasteiger partial charge in [0.1, 0.15) is 11.5 Å². The summed E-state index contributed by atoms with van der Waals surface area (Å²) in [5, 5.41) is 2.97. The lowest BCUT2D eigenvalue weighted by molar-refractivity contribution is 0.0938. The second-order valence-corrected chi connectivity index (χ2v) is 5.93. The Morgan fingerprint density at radius 2 is 2.12 bits per heavy atom. The lowest BCUT2D eigenvalue weighted by Gasteiger charge is -2.22. The summed E-state index contributed by atoms with van der Waals surface area (Å²) in [6.45, 7) is 3.26. The molecule has 1 atom stereocenters. The number of likely N-dealkylation sites (N-methyl/N-ethyl adjacent to an activating group) is 1. The zero-order chi connectivity index (χ0) is 17.4. The lowest BCUT2D eigenvalue weighted by Crippen LogP contribution is -2.34. The minimum absolute atomic E-state index is 0.00654. The van der Waals surface area contributed by atoms with E-state index >= 15 is 0 Å². The normalized spacial score (nSPS) is 12.2. The van der Waals surface area contributed by atoms with Crippen LogP contribution in [0, 0.1) is 0 Å². The van der Waals surface area contributed by atoms with Gasteiger partial charge in [0.05, 0.1) is 18.9 Å². The van der Waals surface area contributed by atoms with Crippen molar-refractivity contribution < 1.29 is 13.9 Å². The van der Waals surface area contributed by atoms with Crippen LogP contribution in [0.3, 0.4) is 0 Å². The minimum atomic E-state index is -0.116. The van der Waals surface area contributed by atoms with Gasteiger partial charge < -0.3 is 14.5 Å². The summed E-state index contributed by atoms with van der Waals surface area (Å²) >= 11 is 0. The van der Waals surface area contributed by atoms with Crippen LogP contribution in [0.4, 0.5) is 0 Å². The molecule has 1 N–H and O–H groups in total. The van der Waals surface area contributed by atoms with Crippen molar-refractivity contribution in [1.29, 1.82) is 0 Å². The molecule has 1 amide bonds. The van der Waals surface area contributed by atoms with Gasteiger partial charge >= 0.3 is 0 Å². The third kappa shape index (κ3) is 5.13. The monoisotopic (exact) mass is 330 g/mol. The molecule has 0 aliphatic rings. The first kappa shape index (κ1) is 18.1. The van der Waals surface area contributed by atoms with Gasteiger partial charge in [-0.05, 0) is 50.8 Å². The number of benzene rings is 1. The Balaban J connectivity index is 1.95. The largest absolute Gasteiger partial charge is 0.494 e. The van der Waals surface area contributed by atoms with E-state index in [9.17, 15) is 4.79 Å². The van der Waals surface area contributed by atoms with Crippen molar-refractivity contribution >= 4 is 5.91 Å². The minimum Gasteiger partial charge on any atom is -0.494 e. The number of hydrogen-bond donors (Lipinski definition) is 1. The highest BCUT2D eigenvalue weighted by atomic mass is 16.5. The number of nitrogens with one attached hydrogen (secondary N) is 1. The molecule has 0 bridgehead atoms. The number of hydrogen-bond acceptors (Lipinski definition) is 4. The van der Waals surface area contributed by atoms with E-state index in [-0.39, 0.29) is 11.9 Å². The van der Waals surface area contributed by atoms with Crippen molar-refractivity contribution in [1.82, 2.24) is 10.2 Å². The molecule has 2 aromatic rings. The van der Waals surface area contributed by atoms with Gasteiger partial charge in [0.25, 0.3) is 5.91 Å². The van der Waals surface area contributed by atoms with Crippen molar-refractivity contribution in [3.63, 3.8) is 0 Å². The van der Waals surface area contributed by atoms with Gasteiger partial charge in [0.2, 0.25) is 0 Å². The third-order valence-corrected chi connectivity index (χ3v) is 3.81. The number of nitrogens with zero attached hydrogens (tertiary/aromatic N) is 1. The predicted octanol–water partition coefficient (Wildman–Crippen LogP) is 3.49. The molecule has 2 rings (SSSR count). The van der Waals surface area contributed by atoms with Crippen LogP contribution in [0.2, 0.25) is 0 Å². The molecule has 1 aromatic heterocycles. The highest BCUT2D eigenvalue weighted by Crippen LogP contribution is 2.18. The molecule has 0 saturated heterocycles. The van der Waals surface area contributed by atoms with Crippen LogP contribution in [0.1, 0.15) is 41.9 Å². The number of carbonyl (C=O) groups excluding carboxylic acids is 1. The maximum Gasteiger partial charge on any atom is 0.251 e. The Labute approximate surface area is 143 Å². The highest BCUT2D eigenvalue weighted by molar-refractivity contribution is 5.94. The average Bonchev–Trinajstić information content (AvgIpc) is 3.09. The van der Waals surface area contributed by atoms with Crippen molar-refractivity contribution in [2.24, 2.45) is 0 Å². The summed E-state index contributed by atoms with van der Waals surface area (Å²) < 4.78 is 11.1. The first-order chi connectivity index (χ1) is 11.6. The van der Waals surface area contributed by atoms with E-state index in [0.29, 0.717) is 18.7 Å². The van der Waals surface area contributed by atoms with Gasteiger partial charge in [0.15, 0.2) is 0 Å². The molecule has 0 aliphatic heterocycles. The molecule has 0 saturated carbocycles. The molecular formula is C19H26N2O3. The van der Waals surface area contributed by atoms with E-state index in [1.54, 1.807) is 18.4 Å². The molecule has 5 nitrogen and oxygen atoms in total. The van der Waals surface area contributed by atoms with Crippen molar-refractivity contribution in [2.45, 2.75) is 25.8 Å². The number of amides is 1. The van der Waals surface area contributed by atoms with Crippen LogP contribution in [0.15, 0.2) is 47.1 Å². The molecule has 130 valence electrons. The molecule has 0 radical (unpaired) electrons. The predicted molar refractivity (Wildman–Crippen MR) is 94.3 cm³/mol. The average molecular weight is 330 g/mol. The summed E-state index contributed by atoms with van der Waals surface area (Å²) in [6, 6.07) is 11.0. The third-order valence-electron chi connectivity index (χ3n) is 3.81. The standard InChI is InChI=1S/C19H26N2O3/c1-4-5-11-23-16-9-6-8-15(13-16)19(22)20-14-17(21(2)3)18-10-7-12-24-18/h6-10,12-13,17H,4-5,11,14H2,1-3H3,(H,20,22). The van der Waals surface area contributed by atoms with E-state index in [4.69, 9.17) is 9.15 Å². The van der Waals surface area contributed by atoms with Gasteiger partial charge in [-0.15, -0.1) is 0 Å². The summed E-state index contributed by atoms with van der Waals surface area (Å²) in [5.41, 5.74) is 0.598. The fourth-order valence-corrected chi connectivity index (χ4v) is 2.37. The number of carbonyl (C=O) groups is 1. The molecule has 1 aromatic carbocycles. The Morgan fingerprint density at radius 1 is 1.29 bits per heavy atom. The molecule has 5 heteroatoms. The van der Waals surface area contributed by atoms with Crippen molar-refractivity contribution in [3.05, 3.63) is 54.0 Å². The number of unbranched alkanes of at least 4 members (excludes halogenated alkanes) is 1. The van der Waals surface area contributed by atoms with Gasteiger partial charge in [-0.2, -0.15) is 0 Å². The molecule has 0 fully saturated rings. The number of ether oxygens (including phenoxy) is 1. The van der Waals surface area contributed by atoms with Crippen LogP contribution in [-0.2, 0) is 0 Å². The molecule has 1 unspecified atom stereocenters. The Kier molecular flexibility index (Phi) is 6.88. The SMILES string of the molecule is CCCCOc1cccc(C(=O)NCC(c2ccco2)N(C)C)c1. The van der Waals surface area contributed by atoms with Crippen LogP contribution >= 0.6 is 0 Å². The smallest absolute Gasteiger partial charge is 0.251 e. The van der Waals surface area contributed by atoms with E-state index < -0.39 is 0 Å². The summed E-state index contributed by atoms with van der Waals surface area (Å²) in [6.07, 6.45) is 3.73. The topological polar surface area (TPSA) is 54.7 Å². The van der Waals surface area contributed by atoms with Crippen LogP contribution in [-0.4, -0.2) is 38.1 Å². The molecule has 0 aliphatic carbocycles. The van der Waals surface area contributed by atoms with E-state index in [2.05, 4.69) is 12.2 Å². The zero-order valence-electron chi connectivity index (χ0n) is 14.6. The number of furan rings is 1. The molecule has 1 heterocycles. The van der Waals surface area contributed by atoms with Crippen LogP contribution < -0.4 is 10.1 Å². The maximum atomic E-state index is 12.4. The second-order valence-electron chi connectivity index (χ2n) is 5.93. The summed E-state index contributed by atoms with van der Waals surface area (Å²) in [5.74, 6) is 1.44.